The van der Waals surface area contributed by atoms with E-state index in [1.54, 1.807) is 19.9 Å². The second-order valence-corrected chi connectivity index (χ2v) is 6.85. The quantitative estimate of drug-likeness (QED) is 0.280. The van der Waals surface area contributed by atoms with Crippen LogP contribution in [-0.4, -0.2) is 28.9 Å². The standard InChI is InChI=1S/C19H17BrClFN2O3/c1-4-27-19(26)13(9-23-16-6-5-12(21)8-15(16)22)18(25)17-14(20)7-10(2)11(3)24-17/h5-9,25H,4H2,1-3H3/b18-13+,23-9?. The zero-order valence-corrected chi connectivity index (χ0v) is 17.2. The Morgan fingerprint density at radius 3 is 2.74 bits per heavy atom. The maximum absolute atomic E-state index is 13.9. The fourth-order valence-electron chi connectivity index (χ4n) is 2.11. The number of aromatic nitrogens is 1. The fraction of sp³-hybridized carbons (Fsp3) is 0.211. The third-order valence-electron chi connectivity index (χ3n) is 3.64. The highest BCUT2D eigenvalue weighted by atomic mass is 79.9. The number of aliphatic hydroxyl groups excluding tert-OH is 1. The van der Waals surface area contributed by atoms with Crippen LogP contribution in [0.15, 0.2) is 39.3 Å². The van der Waals surface area contributed by atoms with Gasteiger partial charge in [-0.2, -0.15) is 0 Å². The van der Waals surface area contributed by atoms with E-state index in [4.69, 9.17) is 16.3 Å². The molecule has 142 valence electrons. The van der Waals surface area contributed by atoms with Crippen molar-refractivity contribution >= 4 is 51.2 Å². The number of esters is 1. The summed E-state index contributed by atoms with van der Waals surface area (Å²) in [5.74, 6) is -1.89. The Hall–Kier alpha value is -2.25. The maximum atomic E-state index is 13.9. The molecule has 2 rings (SSSR count). The molecule has 5 nitrogen and oxygen atoms in total. The highest BCUT2D eigenvalue weighted by Gasteiger charge is 2.20. The first-order valence-electron chi connectivity index (χ1n) is 7.98. The van der Waals surface area contributed by atoms with Crippen LogP contribution in [0.5, 0.6) is 0 Å². The molecule has 0 saturated carbocycles. The number of hydrogen-bond donors (Lipinski definition) is 1. The highest BCUT2D eigenvalue weighted by molar-refractivity contribution is 9.10. The van der Waals surface area contributed by atoms with E-state index in [1.807, 2.05) is 6.92 Å². The van der Waals surface area contributed by atoms with Crippen molar-refractivity contribution in [2.24, 2.45) is 4.99 Å². The Bertz CT molecular complexity index is 945. The van der Waals surface area contributed by atoms with Gasteiger partial charge in [0.25, 0.3) is 0 Å². The van der Waals surface area contributed by atoms with Gasteiger partial charge in [-0.3, -0.25) is 4.99 Å². The lowest BCUT2D eigenvalue weighted by molar-refractivity contribution is -0.137. The van der Waals surface area contributed by atoms with Gasteiger partial charge in [-0.25, -0.2) is 14.2 Å². The maximum Gasteiger partial charge on any atom is 0.343 e. The zero-order chi connectivity index (χ0) is 20.1. The van der Waals surface area contributed by atoms with Gasteiger partial charge in [0, 0.05) is 21.4 Å². The van der Waals surface area contributed by atoms with Crippen LogP contribution in [0, 0.1) is 19.7 Å². The molecule has 0 fully saturated rings. The molecule has 0 aliphatic rings. The van der Waals surface area contributed by atoms with E-state index in [9.17, 15) is 14.3 Å². The molecule has 1 aromatic carbocycles. The number of rotatable bonds is 5. The van der Waals surface area contributed by atoms with Gasteiger partial charge in [0.2, 0.25) is 0 Å². The summed E-state index contributed by atoms with van der Waals surface area (Å²) >= 11 is 9.04. The minimum atomic E-state index is -0.806. The minimum Gasteiger partial charge on any atom is -0.505 e. The SMILES string of the molecule is CCOC(=O)/C(C=Nc1ccc(Cl)cc1F)=C(/O)c1nc(C)c(C)cc1Br. The minimum absolute atomic E-state index is 0.0406. The van der Waals surface area contributed by atoms with Gasteiger partial charge in [-0.15, -0.1) is 0 Å². The van der Waals surface area contributed by atoms with Crippen molar-refractivity contribution in [1.29, 1.82) is 0 Å². The summed E-state index contributed by atoms with van der Waals surface area (Å²) in [6.07, 6.45) is 1.04. The van der Waals surface area contributed by atoms with Crippen molar-refractivity contribution in [2.45, 2.75) is 20.8 Å². The van der Waals surface area contributed by atoms with Gasteiger partial charge in [0.1, 0.15) is 17.1 Å². The second-order valence-electron chi connectivity index (χ2n) is 5.56. The Kier molecular flexibility index (Phi) is 7.10. The van der Waals surface area contributed by atoms with E-state index < -0.39 is 17.5 Å². The molecule has 8 heteroatoms. The lowest BCUT2D eigenvalue weighted by atomic mass is 10.1. The van der Waals surface area contributed by atoms with E-state index >= 15 is 0 Å². The molecule has 2 aromatic rings. The molecular weight excluding hydrogens is 439 g/mol. The summed E-state index contributed by atoms with van der Waals surface area (Å²) in [4.78, 5) is 20.5. The van der Waals surface area contributed by atoms with Crippen molar-refractivity contribution in [3.63, 3.8) is 0 Å². The fourth-order valence-corrected chi connectivity index (χ4v) is 2.88. The van der Waals surface area contributed by atoms with Crippen molar-refractivity contribution in [3.8, 4) is 0 Å². The molecule has 0 bridgehead atoms. The summed E-state index contributed by atoms with van der Waals surface area (Å²) in [6.45, 7) is 5.38. The molecule has 0 unspecified atom stereocenters. The predicted octanol–water partition coefficient (Wildman–Crippen LogP) is 5.49. The van der Waals surface area contributed by atoms with Gasteiger partial charge in [0.05, 0.1) is 12.3 Å². The number of aliphatic imine (C=N–C) groups is 1. The number of hydrogen-bond acceptors (Lipinski definition) is 5. The summed E-state index contributed by atoms with van der Waals surface area (Å²) in [6, 6.07) is 5.69. The first-order valence-corrected chi connectivity index (χ1v) is 9.15. The molecule has 0 radical (unpaired) electrons. The lowest BCUT2D eigenvalue weighted by Gasteiger charge is -2.10. The largest absolute Gasteiger partial charge is 0.505 e. The first kappa shape index (κ1) is 21.1. The van der Waals surface area contributed by atoms with Gasteiger partial charge >= 0.3 is 5.97 Å². The summed E-state index contributed by atoms with van der Waals surface area (Å²) < 4.78 is 19.4. The van der Waals surface area contributed by atoms with Crippen molar-refractivity contribution in [3.05, 3.63) is 62.1 Å². The molecule has 1 heterocycles. The number of benzene rings is 1. The van der Waals surface area contributed by atoms with E-state index in [0.717, 1.165) is 17.8 Å². The van der Waals surface area contributed by atoms with Crippen LogP contribution >= 0.6 is 27.5 Å². The Labute approximate surface area is 169 Å². The molecule has 0 amide bonds. The number of pyridine rings is 1. The Balaban J connectivity index is 2.57. The van der Waals surface area contributed by atoms with Crippen LogP contribution in [-0.2, 0) is 9.53 Å². The van der Waals surface area contributed by atoms with Gasteiger partial charge in [-0.05, 0) is 66.5 Å². The summed E-state index contributed by atoms with van der Waals surface area (Å²) in [7, 11) is 0. The smallest absolute Gasteiger partial charge is 0.343 e. The average Bonchev–Trinajstić information content (AvgIpc) is 2.60. The Morgan fingerprint density at radius 1 is 1.41 bits per heavy atom. The molecule has 0 saturated heterocycles. The number of halogens is 3. The van der Waals surface area contributed by atoms with E-state index in [0.29, 0.717) is 10.2 Å². The number of nitrogens with zero attached hydrogens (tertiary/aromatic N) is 2. The lowest BCUT2D eigenvalue weighted by Crippen LogP contribution is -2.12. The average molecular weight is 456 g/mol. The number of aryl methyl sites for hydroxylation is 2. The molecule has 27 heavy (non-hydrogen) atoms. The highest BCUT2D eigenvalue weighted by Crippen LogP contribution is 2.26. The van der Waals surface area contributed by atoms with Crippen molar-refractivity contribution in [2.75, 3.05) is 6.61 Å². The zero-order valence-electron chi connectivity index (χ0n) is 14.9. The van der Waals surface area contributed by atoms with Gasteiger partial charge in [0.15, 0.2) is 5.76 Å². The molecule has 0 aliphatic carbocycles. The summed E-state index contributed by atoms with van der Waals surface area (Å²) in [5.41, 5.74) is 1.46. The summed E-state index contributed by atoms with van der Waals surface area (Å²) in [5, 5.41) is 10.9. The second kappa shape index (κ2) is 9.10. The van der Waals surface area contributed by atoms with Crippen LogP contribution in [0.3, 0.4) is 0 Å². The topological polar surface area (TPSA) is 71.8 Å². The molecular formula is C19H17BrClFN2O3. The van der Waals surface area contributed by atoms with E-state index in [1.165, 1.54) is 12.1 Å². The van der Waals surface area contributed by atoms with Crippen LogP contribution in [0.1, 0.15) is 23.9 Å². The van der Waals surface area contributed by atoms with Crippen LogP contribution in [0.4, 0.5) is 10.1 Å². The number of aliphatic hydroxyl groups is 1. The van der Waals surface area contributed by atoms with Crippen molar-refractivity contribution < 1.29 is 19.0 Å². The van der Waals surface area contributed by atoms with Gasteiger partial charge in [-0.1, -0.05) is 11.6 Å². The molecule has 0 aliphatic heterocycles. The Morgan fingerprint density at radius 2 is 2.11 bits per heavy atom. The third kappa shape index (κ3) is 5.14. The molecule has 0 spiro atoms. The van der Waals surface area contributed by atoms with Crippen LogP contribution in [0.25, 0.3) is 5.76 Å². The van der Waals surface area contributed by atoms with Gasteiger partial charge < -0.3 is 9.84 Å². The van der Waals surface area contributed by atoms with E-state index in [-0.39, 0.29) is 28.6 Å². The number of carbonyl (C=O) groups is 1. The normalized spacial score (nSPS) is 12.2. The molecule has 1 aromatic heterocycles. The number of carbonyl (C=O) groups excluding carboxylic acids is 1. The third-order valence-corrected chi connectivity index (χ3v) is 4.48. The molecule has 0 atom stereocenters. The van der Waals surface area contributed by atoms with E-state index in [2.05, 4.69) is 25.9 Å². The number of ether oxygens (including phenoxy) is 1. The molecule has 1 N–H and O–H groups in total. The first-order chi connectivity index (χ1) is 12.7. The predicted molar refractivity (Wildman–Crippen MR) is 107 cm³/mol. The van der Waals surface area contributed by atoms with Crippen LogP contribution < -0.4 is 0 Å². The monoisotopic (exact) mass is 454 g/mol. The van der Waals surface area contributed by atoms with Crippen molar-refractivity contribution in [1.82, 2.24) is 4.98 Å². The van der Waals surface area contributed by atoms with Crippen LogP contribution in [0.2, 0.25) is 5.02 Å².